The van der Waals surface area contributed by atoms with Crippen molar-refractivity contribution in [1.82, 2.24) is 0 Å². The Bertz CT molecular complexity index is 1430. The van der Waals surface area contributed by atoms with Crippen LogP contribution in [0.25, 0.3) is 64.6 Å². The van der Waals surface area contributed by atoms with E-state index >= 15 is 0 Å². The SMILES string of the molecule is Cc1ccccc1.c1cc2ccc3ccc4ccc5ccc6ccc1c1c2c3c4c5c61. The first-order valence-electron chi connectivity index (χ1n) is 10.9. The van der Waals surface area contributed by atoms with Crippen LogP contribution in [0.3, 0.4) is 0 Å². The summed E-state index contributed by atoms with van der Waals surface area (Å²) in [5.41, 5.74) is 1.32. The molecule has 0 fully saturated rings. The average Bonchev–Trinajstić information content (AvgIpc) is 2.83. The first-order chi connectivity index (χ1) is 15.3. The number of benzene rings is 8. The Hall–Kier alpha value is -3.90. The maximum atomic E-state index is 2.27. The molecule has 0 aliphatic heterocycles. The maximum absolute atomic E-state index is 2.27. The molecule has 0 heteroatoms. The predicted molar refractivity (Wildman–Crippen MR) is 136 cm³/mol. The van der Waals surface area contributed by atoms with Crippen LogP contribution in [-0.4, -0.2) is 0 Å². The third-order valence-electron chi connectivity index (χ3n) is 6.83. The minimum atomic E-state index is 1.32. The quantitative estimate of drug-likeness (QED) is 0.178. The third-order valence-corrected chi connectivity index (χ3v) is 6.83. The number of rotatable bonds is 0. The van der Waals surface area contributed by atoms with Gasteiger partial charge in [0.2, 0.25) is 0 Å². The van der Waals surface area contributed by atoms with E-state index in [1.807, 2.05) is 18.2 Å². The molecule has 0 radical (unpaired) electrons. The lowest BCUT2D eigenvalue weighted by molar-refractivity contribution is 1.48. The Kier molecular flexibility index (Phi) is 3.29. The van der Waals surface area contributed by atoms with Crippen LogP contribution in [-0.2, 0) is 0 Å². The zero-order valence-electron chi connectivity index (χ0n) is 17.3. The molecule has 0 nitrogen and oxygen atoms in total. The van der Waals surface area contributed by atoms with Crippen LogP contribution in [0, 0.1) is 6.92 Å². The molecular weight excluding hydrogens is 372 g/mol. The van der Waals surface area contributed by atoms with E-state index in [4.69, 9.17) is 0 Å². The summed E-state index contributed by atoms with van der Waals surface area (Å²) < 4.78 is 0. The van der Waals surface area contributed by atoms with E-state index in [0.717, 1.165) is 0 Å². The Morgan fingerprint density at radius 3 is 0.677 bits per heavy atom. The van der Waals surface area contributed by atoms with E-state index in [-0.39, 0.29) is 0 Å². The van der Waals surface area contributed by atoms with Crippen molar-refractivity contribution in [2.75, 3.05) is 0 Å². The van der Waals surface area contributed by atoms with Gasteiger partial charge in [0.05, 0.1) is 0 Å². The molecular formula is C31H20. The highest BCUT2D eigenvalue weighted by Crippen LogP contribution is 2.47. The van der Waals surface area contributed by atoms with Gasteiger partial charge >= 0.3 is 0 Å². The second-order valence-corrected chi connectivity index (χ2v) is 8.64. The fourth-order valence-electron chi connectivity index (χ4n) is 5.43. The molecule has 0 aliphatic rings. The second kappa shape index (κ2) is 6.06. The van der Waals surface area contributed by atoms with Crippen molar-refractivity contribution < 1.29 is 0 Å². The highest BCUT2D eigenvalue weighted by Gasteiger charge is 2.19. The summed E-state index contributed by atoms with van der Waals surface area (Å²) in [5, 5.41) is 16.7. The zero-order chi connectivity index (χ0) is 20.5. The van der Waals surface area contributed by atoms with Crippen LogP contribution >= 0.6 is 0 Å². The van der Waals surface area contributed by atoms with Crippen molar-refractivity contribution in [2.24, 2.45) is 0 Å². The minimum Gasteiger partial charge on any atom is -0.0622 e. The lowest BCUT2D eigenvalue weighted by atomic mass is 9.83. The molecule has 0 saturated heterocycles. The van der Waals surface area contributed by atoms with E-state index in [2.05, 4.69) is 91.9 Å². The molecule has 8 aromatic carbocycles. The van der Waals surface area contributed by atoms with Crippen LogP contribution in [0.2, 0.25) is 0 Å². The van der Waals surface area contributed by atoms with Gasteiger partial charge in [0, 0.05) is 0 Å². The summed E-state index contributed by atoms with van der Waals surface area (Å²) in [5.74, 6) is 0. The van der Waals surface area contributed by atoms with Crippen LogP contribution in [0.15, 0.2) is 103 Å². The highest BCUT2D eigenvalue weighted by molar-refractivity contribution is 6.44. The molecule has 0 bridgehead atoms. The van der Waals surface area contributed by atoms with Gasteiger partial charge in [0.25, 0.3) is 0 Å². The fourth-order valence-corrected chi connectivity index (χ4v) is 5.43. The van der Waals surface area contributed by atoms with Gasteiger partial charge in [0.15, 0.2) is 0 Å². The van der Waals surface area contributed by atoms with Gasteiger partial charge in [-0.05, 0) is 71.6 Å². The van der Waals surface area contributed by atoms with E-state index in [9.17, 15) is 0 Å². The Labute approximate surface area is 180 Å². The molecule has 0 saturated carbocycles. The van der Waals surface area contributed by atoms with Gasteiger partial charge in [-0.1, -0.05) is 109 Å². The molecule has 0 unspecified atom stereocenters. The molecule has 8 rings (SSSR count). The van der Waals surface area contributed by atoms with Gasteiger partial charge in [-0.25, -0.2) is 0 Å². The largest absolute Gasteiger partial charge is 0.0622 e. The molecule has 0 aliphatic carbocycles. The molecule has 0 heterocycles. The summed E-state index contributed by atoms with van der Waals surface area (Å²) in [7, 11) is 0. The van der Waals surface area contributed by atoms with Crippen LogP contribution < -0.4 is 0 Å². The smallest absolute Gasteiger partial charge is 0.00139 e. The average molecular weight is 393 g/mol. The predicted octanol–water partition coefficient (Wildman–Crippen LogP) is 8.91. The van der Waals surface area contributed by atoms with Crippen LogP contribution in [0.1, 0.15) is 5.56 Å². The van der Waals surface area contributed by atoms with E-state index in [0.29, 0.717) is 0 Å². The lowest BCUT2D eigenvalue weighted by Gasteiger charge is -2.20. The monoisotopic (exact) mass is 392 g/mol. The van der Waals surface area contributed by atoms with Crippen molar-refractivity contribution in [2.45, 2.75) is 6.92 Å². The second-order valence-electron chi connectivity index (χ2n) is 8.64. The van der Waals surface area contributed by atoms with Crippen molar-refractivity contribution in [3.63, 3.8) is 0 Å². The van der Waals surface area contributed by atoms with Crippen LogP contribution in [0.5, 0.6) is 0 Å². The summed E-state index contributed by atoms with van der Waals surface area (Å²) in [6, 6.07) is 37.5. The molecule has 0 atom stereocenters. The Morgan fingerprint density at radius 2 is 0.516 bits per heavy atom. The number of aryl methyl sites for hydroxylation is 1. The first-order valence-corrected chi connectivity index (χ1v) is 10.9. The van der Waals surface area contributed by atoms with Crippen molar-refractivity contribution in [1.29, 1.82) is 0 Å². The molecule has 0 aromatic heterocycles. The van der Waals surface area contributed by atoms with Crippen LogP contribution in [0.4, 0.5) is 0 Å². The van der Waals surface area contributed by atoms with E-state index in [1.165, 1.54) is 70.2 Å². The highest BCUT2D eigenvalue weighted by atomic mass is 14.2. The maximum Gasteiger partial charge on any atom is -0.00139 e. The number of hydrogen-bond donors (Lipinski definition) is 0. The lowest BCUT2D eigenvalue weighted by Crippen LogP contribution is -1.91. The number of hydrogen-bond acceptors (Lipinski definition) is 0. The zero-order valence-corrected chi connectivity index (χ0v) is 17.3. The molecule has 0 N–H and O–H groups in total. The first kappa shape index (κ1) is 16.8. The minimum absolute atomic E-state index is 1.32. The Balaban J connectivity index is 0.000000212. The standard InChI is InChI=1S/C24H12.C7H8/c1-2-14-5-6-16-9-11-18-12-10-17-8-7-15-4-3-13(1)19-20(14)22(16)24(18)23(17)21(15)19;1-7-5-3-2-4-6-7/h1-12H;2-6H,1H3. The molecule has 0 amide bonds. The Morgan fingerprint density at radius 1 is 0.290 bits per heavy atom. The van der Waals surface area contributed by atoms with E-state index < -0.39 is 0 Å². The van der Waals surface area contributed by atoms with Gasteiger partial charge in [-0.3, -0.25) is 0 Å². The summed E-state index contributed by atoms with van der Waals surface area (Å²) in [4.78, 5) is 0. The normalized spacial score (nSPS) is 12.0. The van der Waals surface area contributed by atoms with Crippen molar-refractivity contribution in [3.05, 3.63) is 109 Å². The van der Waals surface area contributed by atoms with Crippen molar-refractivity contribution in [3.8, 4) is 0 Å². The van der Waals surface area contributed by atoms with Gasteiger partial charge < -0.3 is 0 Å². The molecule has 8 aromatic rings. The fraction of sp³-hybridized carbons (Fsp3) is 0.0323. The topological polar surface area (TPSA) is 0 Å². The third kappa shape index (κ3) is 2.25. The van der Waals surface area contributed by atoms with Crippen molar-refractivity contribution >= 4 is 64.6 Å². The molecule has 0 spiro atoms. The molecule has 144 valence electrons. The van der Waals surface area contributed by atoms with Gasteiger partial charge in [-0.2, -0.15) is 0 Å². The summed E-state index contributed by atoms with van der Waals surface area (Å²) in [6.45, 7) is 2.08. The molecule has 31 heavy (non-hydrogen) atoms. The van der Waals surface area contributed by atoms with Gasteiger partial charge in [-0.15, -0.1) is 0 Å². The summed E-state index contributed by atoms with van der Waals surface area (Å²) >= 11 is 0. The summed E-state index contributed by atoms with van der Waals surface area (Å²) in [6.07, 6.45) is 0. The van der Waals surface area contributed by atoms with Gasteiger partial charge in [0.1, 0.15) is 0 Å². The van der Waals surface area contributed by atoms with E-state index in [1.54, 1.807) is 0 Å².